The van der Waals surface area contributed by atoms with Crippen molar-refractivity contribution in [2.45, 2.75) is 57.7 Å². The molecule has 1 aliphatic rings. The number of rotatable bonds is 8. The molecule has 0 saturated heterocycles. The molecule has 1 aliphatic carbocycles. The highest BCUT2D eigenvalue weighted by Crippen LogP contribution is 2.48. The lowest BCUT2D eigenvalue weighted by molar-refractivity contribution is -0.139. The maximum atomic E-state index is 13.8. The lowest BCUT2D eigenvalue weighted by Gasteiger charge is -2.16. The Kier molecular flexibility index (Phi) is 6.42. The molecule has 4 rings (SSSR count). The minimum Gasteiger partial charge on any atom is -0.481 e. The van der Waals surface area contributed by atoms with Crippen molar-refractivity contribution >= 4 is 33.6 Å². The monoisotopic (exact) mass is 455 g/mol. The van der Waals surface area contributed by atoms with Gasteiger partial charge in [0.1, 0.15) is 5.82 Å². The number of aliphatic carboxylic acids is 1. The van der Waals surface area contributed by atoms with E-state index >= 15 is 0 Å². The second kappa shape index (κ2) is 9.10. The highest BCUT2D eigenvalue weighted by atomic mass is 32.1. The molecule has 0 radical (unpaired) electrons. The summed E-state index contributed by atoms with van der Waals surface area (Å²) in [7, 11) is 0. The maximum absolute atomic E-state index is 13.8. The lowest BCUT2D eigenvalue weighted by Crippen LogP contribution is -2.19. The molecule has 2 atom stereocenters. The first-order valence-corrected chi connectivity index (χ1v) is 11.5. The summed E-state index contributed by atoms with van der Waals surface area (Å²) < 4.78 is 14.9. The molecule has 0 unspecified atom stereocenters. The molecule has 0 aliphatic heterocycles. The van der Waals surface area contributed by atoms with Gasteiger partial charge >= 0.3 is 5.97 Å². The average molecular weight is 456 g/mol. The van der Waals surface area contributed by atoms with Crippen LogP contribution >= 0.6 is 11.3 Å². The van der Waals surface area contributed by atoms with Crippen LogP contribution in [0.25, 0.3) is 27.4 Å². The van der Waals surface area contributed by atoms with E-state index in [1.807, 2.05) is 19.9 Å². The number of carboxylic acids is 1. The van der Waals surface area contributed by atoms with Crippen LogP contribution in [0.1, 0.15) is 53.3 Å². The van der Waals surface area contributed by atoms with E-state index in [-0.39, 0.29) is 12.2 Å². The van der Waals surface area contributed by atoms with E-state index in [4.69, 9.17) is 10.1 Å². The fourth-order valence-corrected chi connectivity index (χ4v) is 5.12. The summed E-state index contributed by atoms with van der Waals surface area (Å²) >= 11 is 1.59. The first-order chi connectivity index (χ1) is 15.2. The van der Waals surface area contributed by atoms with Crippen LogP contribution in [0.5, 0.6) is 0 Å². The molecular formula is C25H26FNO4S. The van der Waals surface area contributed by atoms with Crippen LogP contribution < -0.4 is 0 Å². The maximum Gasteiger partial charge on any atom is 0.305 e. The van der Waals surface area contributed by atoms with Crippen LogP contribution in [0.15, 0.2) is 30.3 Å². The van der Waals surface area contributed by atoms with Gasteiger partial charge in [-0.15, -0.1) is 11.3 Å². The van der Waals surface area contributed by atoms with Gasteiger partial charge in [-0.3, -0.25) is 4.79 Å². The number of carboxylic acid groups (broad SMARTS) is 1. The molecule has 3 N–H and O–H groups in total. The fourth-order valence-electron chi connectivity index (χ4n) is 4.15. The molecule has 1 heterocycles. The zero-order valence-electron chi connectivity index (χ0n) is 18.0. The Morgan fingerprint density at radius 3 is 2.69 bits per heavy atom. The number of nitrogens with zero attached hydrogens (tertiary/aromatic N) is 1. The molecule has 168 valence electrons. The van der Waals surface area contributed by atoms with E-state index in [1.54, 1.807) is 23.5 Å². The third-order valence-corrected chi connectivity index (χ3v) is 6.75. The van der Waals surface area contributed by atoms with E-state index in [1.165, 1.54) is 12.1 Å². The normalized spacial score (nSPS) is 16.0. The number of halogens is 1. The smallest absolute Gasteiger partial charge is 0.305 e. The summed E-state index contributed by atoms with van der Waals surface area (Å²) in [5.74, 6) is -0.985. The Morgan fingerprint density at radius 2 is 2.03 bits per heavy atom. The van der Waals surface area contributed by atoms with Gasteiger partial charge in [-0.2, -0.15) is 0 Å². The summed E-state index contributed by atoms with van der Waals surface area (Å²) in [4.78, 5) is 15.5. The largest absolute Gasteiger partial charge is 0.481 e. The first kappa shape index (κ1) is 22.6. The molecular weight excluding hydrogens is 429 g/mol. The standard InChI is InChI=1S/C25H26FNO4S/c1-13-9-16(26)5-7-19(13)24-20(8-6-17(28)10-18(29)11-23(30)31)21(15-3-4-15)12-22-25(24)32-14(2)27-22/h5-9,12,15,17-18,28-29H,3-4,10-11H2,1-2H3,(H,30,31)/b8-6+/t17-,18-/m1/s1. The molecule has 7 heteroatoms. The summed E-state index contributed by atoms with van der Waals surface area (Å²) in [5.41, 5.74) is 5.74. The van der Waals surface area contributed by atoms with Crippen molar-refractivity contribution in [2.75, 3.05) is 0 Å². The predicted molar refractivity (Wildman–Crippen MR) is 124 cm³/mol. The zero-order chi connectivity index (χ0) is 23.0. The third-order valence-electron chi connectivity index (χ3n) is 5.74. The van der Waals surface area contributed by atoms with Gasteiger partial charge in [0, 0.05) is 12.0 Å². The molecule has 5 nitrogen and oxygen atoms in total. The molecule has 32 heavy (non-hydrogen) atoms. The van der Waals surface area contributed by atoms with Gasteiger partial charge in [0.05, 0.1) is 33.9 Å². The number of hydrogen-bond donors (Lipinski definition) is 3. The Balaban J connectivity index is 1.83. The molecule has 1 saturated carbocycles. The van der Waals surface area contributed by atoms with E-state index in [2.05, 4.69) is 6.07 Å². The predicted octanol–water partition coefficient (Wildman–Crippen LogP) is 5.20. The van der Waals surface area contributed by atoms with Gasteiger partial charge in [-0.1, -0.05) is 18.2 Å². The summed E-state index contributed by atoms with van der Waals surface area (Å²) in [5, 5.41) is 30.0. The van der Waals surface area contributed by atoms with Gasteiger partial charge < -0.3 is 15.3 Å². The van der Waals surface area contributed by atoms with Gasteiger partial charge in [-0.25, -0.2) is 9.37 Å². The summed E-state index contributed by atoms with van der Waals surface area (Å²) in [6, 6.07) is 6.87. The number of aliphatic hydroxyl groups is 2. The van der Waals surface area contributed by atoms with E-state index < -0.39 is 24.6 Å². The molecule has 0 bridgehead atoms. The lowest BCUT2D eigenvalue weighted by atomic mass is 9.90. The van der Waals surface area contributed by atoms with E-state index in [0.717, 1.165) is 55.9 Å². The number of aromatic nitrogens is 1. The Bertz CT molecular complexity index is 1200. The molecule has 1 aromatic heterocycles. The van der Waals surface area contributed by atoms with Crippen molar-refractivity contribution < 1.29 is 24.5 Å². The second-order valence-corrected chi connectivity index (χ2v) is 9.69. The van der Waals surface area contributed by atoms with Crippen LogP contribution in [0.4, 0.5) is 4.39 Å². The number of carbonyl (C=O) groups is 1. The quantitative estimate of drug-likeness (QED) is 0.435. The van der Waals surface area contributed by atoms with Gasteiger partial charge in [-0.05, 0) is 73.1 Å². The number of benzene rings is 2. The van der Waals surface area contributed by atoms with E-state index in [9.17, 15) is 19.4 Å². The first-order valence-electron chi connectivity index (χ1n) is 10.7. The third kappa shape index (κ3) is 4.90. The van der Waals surface area contributed by atoms with Crippen LogP contribution in [0.3, 0.4) is 0 Å². The van der Waals surface area contributed by atoms with Crippen molar-refractivity contribution in [3.63, 3.8) is 0 Å². The topological polar surface area (TPSA) is 90.7 Å². The van der Waals surface area contributed by atoms with Crippen molar-refractivity contribution in [2.24, 2.45) is 0 Å². The SMILES string of the molecule is Cc1nc2cc(C3CC3)c(/C=C/[C@@H](O)C[C@@H](O)CC(=O)O)c(-c3ccc(F)cc3C)c2s1. The van der Waals surface area contributed by atoms with E-state index in [0.29, 0.717) is 5.92 Å². The average Bonchev–Trinajstić information content (AvgIpc) is 3.46. The van der Waals surface area contributed by atoms with Gasteiger partial charge in [0.2, 0.25) is 0 Å². The summed E-state index contributed by atoms with van der Waals surface area (Å²) in [6.07, 6.45) is 3.04. The Labute approximate surface area is 189 Å². The van der Waals surface area contributed by atoms with Gasteiger partial charge in [0.25, 0.3) is 0 Å². The van der Waals surface area contributed by atoms with Gasteiger partial charge in [0.15, 0.2) is 0 Å². The minimum atomic E-state index is -1.12. The number of fused-ring (bicyclic) bond motifs is 1. The zero-order valence-corrected chi connectivity index (χ0v) is 18.8. The highest BCUT2D eigenvalue weighted by Gasteiger charge is 2.29. The molecule has 3 aromatic rings. The fraction of sp³-hybridized carbons (Fsp3) is 0.360. The number of thiazole rings is 1. The minimum absolute atomic E-state index is 0.0611. The highest BCUT2D eigenvalue weighted by molar-refractivity contribution is 7.19. The molecule has 1 fully saturated rings. The Morgan fingerprint density at radius 1 is 1.28 bits per heavy atom. The van der Waals surface area contributed by atoms with Crippen LogP contribution in [0.2, 0.25) is 0 Å². The number of aliphatic hydroxyl groups excluding tert-OH is 2. The van der Waals surface area contributed by atoms with Crippen LogP contribution in [-0.2, 0) is 4.79 Å². The van der Waals surface area contributed by atoms with Crippen LogP contribution in [0, 0.1) is 19.7 Å². The molecule has 0 spiro atoms. The second-order valence-electron chi connectivity index (χ2n) is 8.48. The number of aryl methyl sites for hydroxylation is 2. The Hall–Kier alpha value is -2.61. The van der Waals surface area contributed by atoms with Crippen molar-refractivity contribution in [1.82, 2.24) is 4.98 Å². The van der Waals surface area contributed by atoms with Crippen molar-refractivity contribution in [3.05, 3.63) is 57.9 Å². The van der Waals surface area contributed by atoms with Crippen molar-refractivity contribution in [3.8, 4) is 11.1 Å². The molecule has 0 amide bonds. The molecule has 2 aromatic carbocycles. The van der Waals surface area contributed by atoms with Crippen LogP contribution in [-0.4, -0.2) is 38.5 Å². The number of hydrogen-bond acceptors (Lipinski definition) is 5. The van der Waals surface area contributed by atoms with Crippen molar-refractivity contribution in [1.29, 1.82) is 0 Å². The summed E-state index contributed by atoms with van der Waals surface area (Å²) in [6.45, 7) is 3.85.